The van der Waals surface area contributed by atoms with Gasteiger partial charge in [-0.2, -0.15) is 38.5 Å². The minimum absolute atomic E-state index is 0. The Hall–Kier alpha value is 1.39. The second-order valence-electron chi connectivity index (χ2n) is 4.41. The standard InChI is InChI=1S/2C5H11.4C3H7.H2O.2Ti/c2*1-3-5-4-2;4*1-3-2;;;/h2*1,3-5H2,2H3;4*1,3H2,2H3;1H2;;/q6*-1;;2*+3. The fourth-order valence-corrected chi connectivity index (χ4v) is 0.500. The third-order valence-electron chi connectivity index (χ3n) is 1.21. The third kappa shape index (κ3) is 478. The van der Waals surface area contributed by atoms with Gasteiger partial charge in [0.2, 0.25) is 0 Å². The van der Waals surface area contributed by atoms with Crippen molar-refractivity contribution in [3.8, 4) is 0 Å². The van der Waals surface area contributed by atoms with Crippen molar-refractivity contribution in [2.45, 2.75) is 106 Å². The smallest absolute Gasteiger partial charge is 0.412 e. The van der Waals surface area contributed by atoms with Gasteiger partial charge in [-0.25, -0.2) is 0 Å². The first-order valence-corrected chi connectivity index (χ1v) is 9.24. The van der Waals surface area contributed by atoms with E-state index < -0.39 is 0 Å². The molecule has 0 aromatic carbocycles. The predicted octanol–water partition coefficient (Wildman–Crippen LogP) is 8.11. The van der Waals surface area contributed by atoms with Crippen molar-refractivity contribution in [3.05, 3.63) is 41.5 Å². The Morgan fingerprint density at radius 1 is 0.440 bits per heavy atom. The summed E-state index contributed by atoms with van der Waals surface area (Å²) in [6, 6.07) is 0. The maximum atomic E-state index is 3.68. The second kappa shape index (κ2) is 116. The first-order chi connectivity index (χ1) is 10.5. The second-order valence-corrected chi connectivity index (χ2v) is 4.41. The molecule has 0 rings (SSSR count). The summed E-state index contributed by atoms with van der Waals surface area (Å²) in [5, 5.41) is 0. The van der Waals surface area contributed by atoms with E-state index in [0.717, 1.165) is 38.5 Å². The summed E-state index contributed by atoms with van der Waals surface area (Å²) in [6.07, 6.45) is 11.3. The Morgan fingerprint density at radius 3 is 0.560 bits per heavy atom. The van der Waals surface area contributed by atoms with E-state index in [4.69, 9.17) is 0 Å². The van der Waals surface area contributed by atoms with E-state index in [1.165, 1.54) is 25.7 Å². The van der Waals surface area contributed by atoms with Crippen molar-refractivity contribution in [1.82, 2.24) is 0 Å². The average molecular weight is 428 g/mol. The monoisotopic (exact) mass is 428 g/mol. The Morgan fingerprint density at radius 2 is 0.560 bits per heavy atom. The molecule has 0 spiro atoms. The number of unbranched alkanes of at least 4 members (excludes halogenated alkanes) is 4. The SMILES string of the molecule is O.[CH2-]CC.[CH2-]CC.[CH2-]CC.[CH2-]CC.[CH2-]CCCC.[CH2-]CCCC.[Ti+3].[Ti+3]. The zero-order chi connectivity index (χ0) is 19.1. The van der Waals surface area contributed by atoms with Crippen LogP contribution in [0.5, 0.6) is 0 Å². The molecule has 2 N–H and O–H groups in total. The van der Waals surface area contributed by atoms with Crippen LogP contribution in [-0.2, 0) is 43.4 Å². The van der Waals surface area contributed by atoms with Crippen molar-refractivity contribution in [1.29, 1.82) is 0 Å². The summed E-state index contributed by atoms with van der Waals surface area (Å²) < 4.78 is 0. The van der Waals surface area contributed by atoms with Gasteiger partial charge >= 0.3 is 43.4 Å². The zero-order valence-corrected chi connectivity index (χ0v) is 21.9. The van der Waals surface area contributed by atoms with Gasteiger partial charge in [0.25, 0.3) is 0 Å². The molecule has 0 heterocycles. The van der Waals surface area contributed by atoms with E-state index in [9.17, 15) is 0 Å². The molecule has 0 bridgehead atoms. The summed E-state index contributed by atoms with van der Waals surface area (Å²) in [4.78, 5) is 0. The number of hydrogen-bond donors (Lipinski definition) is 0. The van der Waals surface area contributed by atoms with Crippen molar-refractivity contribution in [2.24, 2.45) is 0 Å². The first kappa shape index (κ1) is 56.3. The molecule has 1 nitrogen and oxygen atoms in total. The molecule has 0 saturated carbocycles. The minimum Gasteiger partial charge on any atom is -0.412 e. The van der Waals surface area contributed by atoms with Crippen LogP contribution in [0.25, 0.3) is 0 Å². The third-order valence-corrected chi connectivity index (χ3v) is 1.21. The molecule has 154 valence electrons. The minimum atomic E-state index is 0. The van der Waals surface area contributed by atoms with Gasteiger partial charge in [0.05, 0.1) is 0 Å². The topological polar surface area (TPSA) is 31.5 Å². The van der Waals surface area contributed by atoms with Crippen LogP contribution in [0.1, 0.15) is 106 Å². The van der Waals surface area contributed by atoms with E-state index in [2.05, 4.69) is 55.4 Å². The van der Waals surface area contributed by atoms with Crippen LogP contribution in [0, 0.1) is 41.5 Å². The van der Waals surface area contributed by atoms with Crippen LogP contribution < -0.4 is 0 Å². The van der Waals surface area contributed by atoms with Crippen molar-refractivity contribution < 1.29 is 48.9 Å². The molecular weight excluding hydrogens is 376 g/mol. The fourth-order valence-electron chi connectivity index (χ4n) is 0.500. The van der Waals surface area contributed by atoms with Gasteiger partial charge in [0.1, 0.15) is 0 Å². The van der Waals surface area contributed by atoms with E-state index >= 15 is 0 Å². The maximum Gasteiger partial charge on any atom is 3.00 e. The fraction of sp³-hybridized carbons (Fsp3) is 0.727. The molecule has 0 atom stereocenters. The van der Waals surface area contributed by atoms with E-state index in [-0.39, 0.29) is 48.9 Å². The molecule has 0 fully saturated rings. The normalized spacial score (nSPS) is 6.24. The van der Waals surface area contributed by atoms with Gasteiger partial charge in [-0.3, -0.25) is 0 Å². The molecule has 0 unspecified atom stereocenters. The van der Waals surface area contributed by atoms with Crippen molar-refractivity contribution in [3.63, 3.8) is 0 Å². The van der Waals surface area contributed by atoms with Gasteiger partial charge in [0, 0.05) is 0 Å². The Bertz CT molecular complexity index is 64.4. The molecule has 0 aliphatic heterocycles. The van der Waals surface area contributed by atoms with Crippen LogP contribution in [0.3, 0.4) is 0 Å². The van der Waals surface area contributed by atoms with Crippen LogP contribution >= 0.6 is 0 Å². The largest absolute Gasteiger partial charge is 3.00 e. The van der Waals surface area contributed by atoms with Gasteiger partial charge in [-0.15, -0.1) is 0 Å². The van der Waals surface area contributed by atoms with Crippen LogP contribution in [-0.4, -0.2) is 5.48 Å². The summed E-state index contributed by atoms with van der Waals surface area (Å²) in [5.74, 6) is 0. The Kier molecular flexibility index (Phi) is 262. The molecule has 0 aliphatic rings. The molecule has 25 heavy (non-hydrogen) atoms. The van der Waals surface area contributed by atoms with Gasteiger partial charge in [-0.05, 0) is 0 Å². The molecule has 0 aromatic heterocycles. The van der Waals surface area contributed by atoms with Crippen LogP contribution in [0.2, 0.25) is 0 Å². The van der Waals surface area contributed by atoms with Gasteiger partial charge in [-0.1, -0.05) is 67.2 Å². The summed E-state index contributed by atoms with van der Waals surface area (Å²) in [6.45, 7) is 33.7. The van der Waals surface area contributed by atoms with E-state index in [1.807, 2.05) is 27.7 Å². The zero-order valence-electron chi connectivity index (χ0n) is 18.8. The Labute approximate surface area is 195 Å². The Balaban J connectivity index is -0.0000000175. The molecule has 0 saturated heterocycles. The molecule has 0 aliphatic carbocycles. The van der Waals surface area contributed by atoms with Gasteiger partial charge < -0.3 is 47.0 Å². The quantitative estimate of drug-likeness (QED) is 0.320. The maximum absolute atomic E-state index is 3.68. The summed E-state index contributed by atoms with van der Waals surface area (Å²) in [5.41, 5.74) is 0. The summed E-state index contributed by atoms with van der Waals surface area (Å²) >= 11 is 0. The average Bonchev–Trinajstić information content (AvgIpc) is 2.45. The molecular formula is C22H52OTi2. The van der Waals surface area contributed by atoms with E-state index in [1.54, 1.807) is 0 Å². The van der Waals surface area contributed by atoms with Gasteiger partial charge in [0.15, 0.2) is 0 Å². The molecule has 2 radical (unpaired) electrons. The van der Waals surface area contributed by atoms with Crippen LogP contribution in [0.4, 0.5) is 0 Å². The number of rotatable bonds is 4. The predicted molar refractivity (Wildman–Crippen MR) is 116 cm³/mol. The summed E-state index contributed by atoms with van der Waals surface area (Å²) in [7, 11) is 0. The van der Waals surface area contributed by atoms with E-state index in [0.29, 0.717) is 0 Å². The molecule has 0 aromatic rings. The first-order valence-electron chi connectivity index (χ1n) is 9.24. The molecule has 3 heteroatoms. The number of hydrogen-bond acceptors (Lipinski definition) is 0. The van der Waals surface area contributed by atoms with Crippen molar-refractivity contribution in [2.75, 3.05) is 0 Å². The molecule has 0 amide bonds. The van der Waals surface area contributed by atoms with Crippen LogP contribution in [0.15, 0.2) is 0 Å². The van der Waals surface area contributed by atoms with Crippen molar-refractivity contribution >= 4 is 0 Å².